The number of carboxylic acid groups (broad SMARTS) is 1. The lowest BCUT2D eigenvalue weighted by Crippen LogP contribution is -2.14. The van der Waals surface area contributed by atoms with Crippen LogP contribution in [0, 0.1) is 5.21 Å². The first-order chi connectivity index (χ1) is 6.19. The summed E-state index contributed by atoms with van der Waals surface area (Å²) < 4.78 is 0. The van der Waals surface area contributed by atoms with Gasteiger partial charge in [0.05, 0.1) is 5.01 Å². The Bertz CT molecular complexity index is 345. The Morgan fingerprint density at radius 2 is 2.54 bits per heavy atom. The first kappa shape index (κ1) is 9.66. The second-order valence-corrected chi connectivity index (χ2v) is 3.17. The Morgan fingerprint density at radius 1 is 1.85 bits per heavy atom. The van der Waals surface area contributed by atoms with E-state index in [1.807, 2.05) is 6.92 Å². The number of aryl methyl sites for hydroxylation is 1. The van der Waals surface area contributed by atoms with Crippen molar-refractivity contribution in [2.45, 2.75) is 13.3 Å². The third-order valence-corrected chi connectivity index (χ3v) is 2.38. The molecule has 1 heterocycles. The van der Waals surface area contributed by atoms with Crippen molar-refractivity contribution in [2.24, 2.45) is 5.16 Å². The van der Waals surface area contributed by atoms with Gasteiger partial charge in [-0.3, -0.25) is 0 Å². The van der Waals surface area contributed by atoms with E-state index in [0.29, 0.717) is 0 Å². The van der Waals surface area contributed by atoms with Crippen LogP contribution in [0.5, 0.6) is 0 Å². The zero-order chi connectivity index (χ0) is 9.84. The fraction of sp³-hybridized carbons (Fsp3) is 0.286. The van der Waals surface area contributed by atoms with Crippen molar-refractivity contribution in [1.82, 2.24) is 4.98 Å². The number of aromatic nitrogens is 1. The van der Waals surface area contributed by atoms with Crippen molar-refractivity contribution in [2.75, 3.05) is 0 Å². The van der Waals surface area contributed by atoms with Crippen LogP contribution in [0.15, 0.2) is 10.5 Å². The number of rotatable bonds is 3. The summed E-state index contributed by atoms with van der Waals surface area (Å²) in [5.41, 5.74) is -0.389. The molecule has 13 heavy (non-hydrogen) atoms. The molecule has 0 radical (unpaired) electrons. The van der Waals surface area contributed by atoms with Crippen LogP contribution in [0.4, 0.5) is 0 Å². The van der Waals surface area contributed by atoms with Crippen LogP contribution in [-0.4, -0.2) is 21.8 Å². The summed E-state index contributed by atoms with van der Waals surface area (Å²) >= 11 is 1.32. The van der Waals surface area contributed by atoms with Crippen molar-refractivity contribution >= 4 is 23.0 Å². The van der Waals surface area contributed by atoms with Gasteiger partial charge >= 0.3 is 5.97 Å². The SMILES string of the molecule is CCc1nc(/C(=N/[O-])C(=O)O)cs1. The highest BCUT2D eigenvalue weighted by molar-refractivity contribution is 7.09. The van der Waals surface area contributed by atoms with Gasteiger partial charge in [-0.15, -0.1) is 11.3 Å². The molecule has 70 valence electrons. The minimum Gasteiger partial charge on any atom is -0.791 e. The zero-order valence-electron chi connectivity index (χ0n) is 6.85. The molecular weight excluding hydrogens is 192 g/mol. The molecule has 5 nitrogen and oxygen atoms in total. The summed E-state index contributed by atoms with van der Waals surface area (Å²) in [5, 5.41) is 23.4. The Hall–Kier alpha value is -1.43. The van der Waals surface area contributed by atoms with Crippen molar-refractivity contribution in [3.05, 3.63) is 21.3 Å². The first-order valence-corrected chi connectivity index (χ1v) is 4.45. The Labute approximate surface area is 78.4 Å². The maximum absolute atomic E-state index is 10.5. The number of thiazole rings is 1. The Kier molecular flexibility index (Phi) is 2.97. The second-order valence-electron chi connectivity index (χ2n) is 2.23. The third-order valence-electron chi connectivity index (χ3n) is 1.39. The average Bonchev–Trinajstić information content (AvgIpc) is 2.53. The lowest BCUT2D eigenvalue weighted by molar-refractivity contribution is -0.129. The van der Waals surface area contributed by atoms with E-state index in [1.54, 1.807) is 0 Å². The van der Waals surface area contributed by atoms with Gasteiger partial charge in [-0.2, -0.15) is 0 Å². The van der Waals surface area contributed by atoms with Crippen LogP contribution in [0.1, 0.15) is 17.6 Å². The molecule has 0 aliphatic heterocycles. The van der Waals surface area contributed by atoms with Gasteiger partial charge in [0, 0.05) is 5.38 Å². The Morgan fingerprint density at radius 3 is 2.92 bits per heavy atom. The summed E-state index contributed by atoms with van der Waals surface area (Å²) in [6, 6.07) is 0. The molecule has 0 aromatic carbocycles. The lowest BCUT2D eigenvalue weighted by atomic mass is 10.3. The monoisotopic (exact) mass is 199 g/mol. The molecular formula is C7H7N2O3S-. The van der Waals surface area contributed by atoms with Gasteiger partial charge in [0.1, 0.15) is 5.69 Å². The largest absolute Gasteiger partial charge is 0.791 e. The normalized spacial score (nSPS) is 11.6. The van der Waals surface area contributed by atoms with Crippen LogP contribution in [0.2, 0.25) is 0 Å². The molecule has 0 spiro atoms. The molecule has 0 bridgehead atoms. The highest BCUT2D eigenvalue weighted by Crippen LogP contribution is 2.11. The summed E-state index contributed by atoms with van der Waals surface area (Å²) in [7, 11) is 0. The van der Waals surface area contributed by atoms with Gasteiger partial charge in [0.2, 0.25) is 0 Å². The fourth-order valence-corrected chi connectivity index (χ4v) is 1.51. The highest BCUT2D eigenvalue weighted by atomic mass is 32.1. The number of nitrogens with zero attached hydrogens (tertiary/aromatic N) is 2. The third kappa shape index (κ3) is 2.03. The zero-order valence-corrected chi connectivity index (χ0v) is 7.67. The summed E-state index contributed by atoms with van der Waals surface area (Å²) in [6.07, 6.45) is 0.719. The predicted octanol–water partition coefficient (Wildman–Crippen LogP) is 1.08. The smallest absolute Gasteiger partial charge is 0.355 e. The molecule has 0 saturated carbocycles. The van der Waals surface area contributed by atoms with Crippen LogP contribution < -0.4 is 0 Å². The number of hydrogen-bond acceptors (Lipinski definition) is 5. The van der Waals surface area contributed by atoms with E-state index < -0.39 is 11.7 Å². The highest BCUT2D eigenvalue weighted by Gasteiger charge is 2.13. The molecule has 1 rings (SSSR count). The van der Waals surface area contributed by atoms with E-state index in [1.165, 1.54) is 16.7 Å². The minimum absolute atomic E-state index is 0.143. The number of aliphatic carboxylic acids is 1. The topological polar surface area (TPSA) is 85.6 Å². The average molecular weight is 199 g/mol. The Balaban J connectivity index is 3.00. The molecule has 0 aliphatic rings. The molecule has 0 saturated heterocycles. The fourth-order valence-electron chi connectivity index (χ4n) is 0.777. The quantitative estimate of drug-likeness (QED) is 0.583. The van der Waals surface area contributed by atoms with Gasteiger partial charge in [-0.25, -0.2) is 9.78 Å². The molecule has 0 amide bonds. The summed E-state index contributed by atoms with van der Waals surface area (Å²) in [6.45, 7) is 1.90. The molecule has 1 aromatic heterocycles. The molecule has 6 heteroatoms. The van der Waals surface area contributed by atoms with E-state index in [2.05, 4.69) is 10.1 Å². The second kappa shape index (κ2) is 3.99. The standard InChI is InChI=1S/C7H8N2O3S/c1-2-5-8-4(3-13-5)6(9-12)7(10)11/h3,12H,2H2,1H3,(H,10,11)/p-1/b9-6-. The lowest BCUT2D eigenvalue weighted by Gasteiger charge is -1.98. The molecule has 0 unspecified atom stereocenters. The molecule has 0 atom stereocenters. The molecule has 1 N–H and O–H groups in total. The van der Waals surface area contributed by atoms with Crippen LogP contribution in [0.3, 0.4) is 0 Å². The van der Waals surface area contributed by atoms with Gasteiger partial charge in [-0.1, -0.05) is 6.92 Å². The molecule has 1 aromatic rings. The van der Waals surface area contributed by atoms with E-state index in [0.717, 1.165) is 11.4 Å². The maximum Gasteiger partial charge on any atom is 0.355 e. The van der Waals surface area contributed by atoms with E-state index in [9.17, 15) is 10.0 Å². The van der Waals surface area contributed by atoms with Crippen LogP contribution in [-0.2, 0) is 11.2 Å². The van der Waals surface area contributed by atoms with Gasteiger partial charge < -0.3 is 15.5 Å². The number of hydrogen-bond donors (Lipinski definition) is 1. The van der Waals surface area contributed by atoms with Gasteiger partial charge in [0.25, 0.3) is 0 Å². The molecule has 0 fully saturated rings. The van der Waals surface area contributed by atoms with Crippen molar-refractivity contribution in [1.29, 1.82) is 0 Å². The van der Waals surface area contributed by atoms with Gasteiger partial charge in [-0.05, 0) is 6.42 Å². The predicted molar refractivity (Wildman–Crippen MR) is 49.0 cm³/mol. The van der Waals surface area contributed by atoms with E-state index >= 15 is 0 Å². The van der Waals surface area contributed by atoms with Gasteiger partial charge in [0.15, 0.2) is 5.71 Å². The summed E-state index contributed by atoms with van der Waals surface area (Å²) in [5.74, 6) is -1.34. The van der Waals surface area contributed by atoms with Crippen LogP contribution in [0.25, 0.3) is 0 Å². The van der Waals surface area contributed by atoms with Crippen LogP contribution >= 0.6 is 11.3 Å². The van der Waals surface area contributed by atoms with Crippen molar-refractivity contribution in [3.63, 3.8) is 0 Å². The number of carbonyl (C=O) groups is 1. The summed E-state index contributed by atoms with van der Waals surface area (Å²) in [4.78, 5) is 14.4. The maximum atomic E-state index is 10.5. The number of carboxylic acids is 1. The van der Waals surface area contributed by atoms with Crippen molar-refractivity contribution in [3.8, 4) is 0 Å². The van der Waals surface area contributed by atoms with E-state index in [-0.39, 0.29) is 5.69 Å². The molecule has 0 aliphatic carbocycles. The van der Waals surface area contributed by atoms with Crippen molar-refractivity contribution < 1.29 is 9.90 Å². The first-order valence-electron chi connectivity index (χ1n) is 3.57. The van der Waals surface area contributed by atoms with E-state index in [4.69, 9.17) is 5.11 Å². The minimum atomic E-state index is -1.34.